The number of carbonyl (C=O) groups excluding carboxylic acids is 1. The van der Waals surface area contributed by atoms with Gasteiger partial charge < -0.3 is 9.15 Å². The summed E-state index contributed by atoms with van der Waals surface area (Å²) >= 11 is 6.41. The Morgan fingerprint density at radius 2 is 1.79 bits per heavy atom. The standard InChI is InChI=1S/C22H18ClN3O3/c1-15-19(20(23)26(25-15)12-16-8-4-2-5-9-16)22(27)29-14-18-13-28-21(24-18)17-10-6-3-7-11-17/h2-11,13H,12,14H2,1H3. The predicted molar refractivity (Wildman–Crippen MR) is 109 cm³/mol. The summed E-state index contributed by atoms with van der Waals surface area (Å²) in [7, 11) is 0. The van der Waals surface area contributed by atoms with Gasteiger partial charge in [-0.1, -0.05) is 60.1 Å². The van der Waals surface area contributed by atoms with E-state index in [0.717, 1.165) is 11.1 Å². The van der Waals surface area contributed by atoms with Gasteiger partial charge in [-0.15, -0.1) is 0 Å². The molecular weight excluding hydrogens is 390 g/mol. The van der Waals surface area contributed by atoms with Gasteiger partial charge in [0, 0.05) is 5.56 Å². The maximum Gasteiger partial charge on any atom is 0.343 e. The van der Waals surface area contributed by atoms with Crippen LogP contribution in [0.2, 0.25) is 5.15 Å². The number of benzene rings is 2. The summed E-state index contributed by atoms with van der Waals surface area (Å²) in [4.78, 5) is 16.9. The van der Waals surface area contributed by atoms with Crippen molar-refractivity contribution in [3.8, 4) is 11.5 Å². The molecule has 4 aromatic rings. The zero-order chi connectivity index (χ0) is 20.2. The zero-order valence-corrected chi connectivity index (χ0v) is 16.5. The lowest BCUT2D eigenvalue weighted by Gasteiger charge is -2.04. The molecule has 29 heavy (non-hydrogen) atoms. The number of aromatic nitrogens is 3. The Morgan fingerprint density at radius 3 is 2.52 bits per heavy atom. The largest absolute Gasteiger partial charge is 0.455 e. The number of aryl methyl sites for hydroxylation is 1. The lowest BCUT2D eigenvalue weighted by atomic mass is 10.2. The second kappa shape index (κ2) is 8.32. The quantitative estimate of drug-likeness (QED) is 0.425. The second-order valence-electron chi connectivity index (χ2n) is 6.48. The Kier molecular flexibility index (Phi) is 5.44. The summed E-state index contributed by atoms with van der Waals surface area (Å²) in [5.41, 5.74) is 3.18. The molecule has 0 aliphatic rings. The molecule has 0 bridgehead atoms. The average Bonchev–Trinajstić information content (AvgIpc) is 3.32. The van der Waals surface area contributed by atoms with Crippen molar-refractivity contribution in [2.24, 2.45) is 0 Å². The smallest absolute Gasteiger partial charge is 0.343 e. The van der Waals surface area contributed by atoms with Gasteiger partial charge in [-0.2, -0.15) is 5.10 Å². The molecule has 7 heteroatoms. The molecule has 146 valence electrons. The summed E-state index contributed by atoms with van der Waals surface area (Å²) in [5.74, 6) is -0.0717. The minimum atomic E-state index is -0.545. The average molecular weight is 408 g/mol. The summed E-state index contributed by atoms with van der Waals surface area (Å²) in [5, 5.41) is 4.63. The fourth-order valence-corrected chi connectivity index (χ4v) is 3.26. The Hall–Kier alpha value is -3.38. The van der Waals surface area contributed by atoms with Gasteiger partial charge in [-0.25, -0.2) is 14.5 Å². The van der Waals surface area contributed by atoms with Gasteiger partial charge in [0.2, 0.25) is 5.89 Å². The first-order valence-electron chi connectivity index (χ1n) is 9.05. The van der Waals surface area contributed by atoms with Gasteiger partial charge in [0.15, 0.2) is 0 Å². The first-order valence-corrected chi connectivity index (χ1v) is 9.43. The number of nitrogens with zero attached hydrogens (tertiary/aromatic N) is 3. The highest BCUT2D eigenvalue weighted by Crippen LogP contribution is 2.23. The Bertz CT molecular complexity index is 1120. The zero-order valence-electron chi connectivity index (χ0n) is 15.7. The molecule has 2 heterocycles. The molecule has 0 fully saturated rings. The van der Waals surface area contributed by atoms with Crippen molar-refractivity contribution in [1.29, 1.82) is 0 Å². The fraction of sp³-hybridized carbons (Fsp3) is 0.136. The van der Waals surface area contributed by atoms with Crippen LogP contribution in [0, 0.1) is 6.92 Å². The van der Waals surface area contributed by atoms with Crippen LogP contribution in [0.1, 0.15) is 27.3 Å². The third kappa shape index (κ3) is 4.22. The number of carbonyl (C=O) groups is 1. The third-order valence-corrected chi connectivity index (χ3v) is 4.75. The van der Waals surface area contributed by atoms with Gasteiger partial charge >= 0.3 is 5.97 Å². The maximum atomic E-state index is 12.6. The molecular formula is C22H18ClN3O3. The fourth-order valence-electron chi connectivity index (χ4n) is 2.94. The van der Waals surface area contributed by atoms with Crippen LogP contribution in [0.25, 0.3) is 11.5 Å². The molecule has 0 aliphatic heterocycles. The Morgan fingerprint density at radius 1 is 1.10 bits per heavy atom. The van der Waals surface area contributed by atoms with E-state index in [0.29, 0.717) is 23.8 Å². The normalized spacial score (nSPS) is 10.8. The van der Waals surface area contributed by atoms with Gasteiger partial charge in [-0.3, -0.25) is 0 Å². The molecule has 0 saturated heterocycles. The SMILES string of the molecule is Cc1nn(Cc2ccccc2)c(Cl)c1C(=O)OCc1coc(-c2ccccc2)n1. The number of rotatable bonds is 6. The van der Waals surface area contributed by atoms with E-state index in [1.807, 2.05) is 60.7 Å². The van der Waals surface area contributed by atoms with E-state index >= 15 is 0 Å². The number of hydrogen-bond donors (Lipinski definition) is 0. The first-order chi connectivity index (χ1) is 14.1. The van der Waals surface area contributed by atoms with Crippen LogP contribution in [-0.2, 0) is 17.9 Å². The van der Waals surface area contributed by atoms with Crippen molar-refractivity contribution in [2.75, 3.05) is 0 Å². The van der Waals surface area contributed by atoms with Crippen LogP contribution >= 0.6 is 11.6 Å². The number of hydrogen-bond acceptors (Lipinski definition) is 5. The highest BCUT2D eigenvalue weighted by atomic mass is 35.5. The lowest BCUT2D eigenvalue weighted by molar-refractivity contribution is 0.0467. The second-order valence-corrected chi connectivity index (χ2v) is 6.84. The summed E-state index contributed by atoms with van der Waals surface area (Å²) in [6.07, 6.45) is 1.48. The number of oxazole rings is 1. The van der Waals surface area contributed by atoms with Gasteiger partial charge in [0.1, 0.15) is 29.3 Å². The molecule has 0 radical (unpaired) electrons. The number of halogens is 1. The van der Waals surface area contributed by atoms with E-state index in [1.54, 1.807) is 11.6 Å². The van der Waals surface area contributed by atoms with E-state index < -0.39 is 5.97 Å². The van der Waals surface area contributed by atoms with E-state index in [2.05, 4.69) is 10.1 Å². The van der Waals surface area contributed by atoms with Gasteiger partial charge in [-0.05, 0) is 24.6 Å². The summed E-state index contributed by atoms with van der Waals surface area (Å²) < 4.78 is 12.4. The molecule has 4 rings (SSSR count). The highest BCUT2D eigenvalue weighted by molar-refractivity contribution is 6.32. The van der Waals surface area contributed by atoms with E-state index in [-0.39, 0.29) is 17.3 Å². The van der Waals surface area contributed by atoms with Crippen LogP contribution in [0.4, 0.5) is 0 Å². The molecule has 0 aliphatic carbocycles. The number of ether oxygens (including phenoxy) is 1. The van der Waals surface area contributed by atoms with Crippen molar-refractivity contribution >= 4 is 17.6 Å². The molecule has 6 nitrogen and oxygen atoms in total. The lowest BCUT2D eigenvalue weighted by Crippen LogP contribution is -2.07. The minimum absolute atomic E-state index is 0.0190. The Balaban J connectivity index is 1.45. The van der Waals surface area contributed by atoms with E-state index in [9.17, 15) is 4.79 Å². The summed E-state index contributed by atoms with van der Waals surface area (Å²) in [6, 6.07) is 19.3. The number of esters is 1. The van der Waals surface area contributed by atoms with Crippen LogP contribution in [0.3, 0.4) is 0 Å². The molecule has 2 aromatic heterocycles. The maximum absolute atomic E-state index is 12.6. The predicted octanol–water partition coefficient (Wildman–Crippen LogP) is 4.91. The van der Waals surface area contributed by atoms with Crippen LogP contribution < -0.4 is 0 Å². The van der Waals surface area contributed by atoms with Crippen molar-refractivity contribution in [2.45, 2.75) is 20.1 Å². The highest BCUT2D eigenvalue weighted by Gasteiger charge is 2.22. The van der Waals surface area contributed by atoms with Gasteiger partial charge in [0.05, 0.1) is 12.2 Å². The minimum Gasteiger partial charge on any atom is -0.455 e. The molecule has 0 saturated carbocycles. The van der Waals surface area contributed by atoms with Crippen molar-refractivity contribution in [3.63, 3.8) is 0 Å². The van der Waals surface area contributed by atoms with E-state index in [1.165, 1.54) is 6.26 Å². The monoisotopic (exact) mass is 407 g/mol. The molecule has 0 atom stereocenters. The van der Waals surface area contributed by atoms with Gasteiger partial charge in [0.25, 0.3) is 0 Å². The van der Waals surface area contributed by atoms with Crippen LogP contribution in [-0.4, -0.2) is 20.7 Å². The van der Waals surface area contributed by atoms with Crippen molar-refractivity contribution in [3.05, 3.63) is 94.6 Å². The third-order valence-electron chi connectivity index (χ3n) is 4.37. The molecule has 0 N–H and O–H groups in total. The molecule has 0 unspecified atom stereocenters. The van der Waals surface area contributed by atoms with Crippen molar-refractivity contribution in [1.82, 2.24) is 14.8 Å². The van der Waals surface area contributed by atoms with Crippen molar-refractivity contribution < 1.29 is 13.9 Å². The van der Waals surface area contributed by atoms with E-state index in [4.69, 9.17) is 20.8 Å². The van der Waals surface area contributed by atoms with Crippen LogP contribution in [0.15, 0.2) is 71.3 Å². The first kappa shape index (κ1) is 19.0. The molecule has 0 spiro atoms. The molecule has 2 aromatic carbocycles. The Labute approximate surface area is 172 Å². The molecule has 0 amide bonds. The summed E-state index contributed by atoms with van der Waals surface area (Å²) in [6.45, 7) is 2.18. The topological polar surface area (TPSA) is 70.2 Å². The van der Waals surface area contributed by atoms with Crippen LogP contribution in [0.5, 0.6) is 0 Å².